The Morgan fingerprint density at radius 3 is 2.80 bits per heavy atom. The number of hydrogen-bond acceptors (Lipinski definition) is 3. The summed E-state index contributed by atoms with van der Waals surface area (Å²) in [5.41, 5.74) is 1.33. The smallest absolute Gasteiger partial charge is 0.128 e. The van der Waals surface area contributed by atoms with E-state index in [1.807, 2.05) is 12.1 Å². The van der Waals surface area contributed by atoms with Crippen LogP contribution in [0.1, 0.15) is 5.56 Å². The molecule has 2 rings (SSSR count). The lowest BCUT2D eigenvalue weighted by molar-refractivity contribution is 0.360. The van der Waals surface area contributed by atoms with Crippen molar-refractivity contribution in [2.24, 2.45) is 4.99 Å². The molecule has 1 N–H and O–H groups in total. The fraction of sp³-hybridized carbons (Fsp3) is 0.0625. The third kappa shape index (κ3) is 3.87. The first-order chi connectivity index (χ1) is 9.69. The second kappa shape index (κ2) is 6.78. The Morgan fingerprint density at radius 2 is 2.10 bits per heavy atom. The van der Waals surface area contributed by atoms with E-state index in [9.17, 15) is 5.11 Å². The summed E-state index contributed by atoms with van der Waals surface area (Å²) in [5.74, 6) is 0.694. The molecule has 0 fully saturated rings. The molecule has 0 unspecified atom stereocenters. The predicted molar refractivity (Wildman–Crippen MR) is 82.5 cm³/mol. The van der Waals surface area contributed by atoms with Gasteiger partial charge < -0.3 is 9.84 Å². The highest BCUT2D eigenvalue weighted by molar-refractivity contribution is 6.30. The van der Waals surface area contributed by atoms with E-state index in [4.69, 9.17) is 16.3 Å². The third-order valence-electron chi connectivity index (χ3n) is 2.53. The van der Waals surface area contributed by atoms with Gasteiger partial charge in [0.15, 0.2) is 0 Å². The average Bonchev–Trinajstić information content (AvgIpc) is 2.44. The van der Waals surface area contributed by atoms with Crippen molar-refractivity contribution in [3.63, 3.8) is 0 Å². The fourth-order valence-corrected chi connectivity index (χ4v) is 1.76. The predicted octanol–water partition coefficient (Wildman–Crippen LogP) is 4.36. The normalized spacial score (nSPS) is 10.7. The summed E-state index contributed by atoms with van der Waals surface area (Å²) in [6.45, 7) is 3.96. The van der Waals surface area contributed by atoms with Gasteiger partial charge in [0.05, 0.1) is 5.69 Å². The number of phenolic OH excluding ortho intramolecular Hbond substituents is 1. The molecule has 20 heavy (non-hydrogen) atoms. The van der Waals surface area contributed by atoms with Crippen LogP contribution in [0.5, 0.6) is 11.5 Å². The standard InChI is InChI=1S/C16H14ClNO2/c1-2-8-20-15-7-6-12(16(19)10-15)11-18-14-5-3-4-13(17)9-14/h2-7,9-11,19H,1,8H2. The van der Waals surface area contributed by atoms with Gasteiger partial charge in [-0.1, -0.05) is 30.3 Å². The first kappa shape index (κ1) is 14.2. The average molecular weight is 288 g/mol. The molecule has 3 nitrogen and oxygen atoms in total. The van der Waals surface area contributed by atoms with Gasteiger partial charge >= 0.3 is 0 Å². The molecule has 0 heterocycles. The van der Waals surface area contributed by atoms with Crippen LogP contribution in [0.3, 0.4) is 0 Å². The number of phenols is 1. The lowest BCUT2D eigenvalue weighted by atomic mass is 10.2. The lowest BCUT2D eigenvalue weighted by Crippen LogP contribution is -1.93. The maximum absolute atomic E-state index is 9.90. The van der Waals surface area contributed by atoms with Crippen molar-refractivity contribution in [1.82, 2.24) is 0 Å². The zero-order valence-electron chi connectivity index (χ0n) is 10.8. The molecule has 0 aliphatic rings. The molecule has 0 spiro atoms. The monoisotopic (exact) mass is 287 g/mol. The quantitative estimate of drug-likeness (QED) is 0.656. The van der Waals surface area contributed by atoms with Gasteiger partial charge in [0.2, 0.25) is 0 Å². The second-order valence-corrected chi connectivity index (χ2v) is 4.49. The summed E-state index contributed by atoms with van der Waals surface area (Å²) in [7, 11) is 0. The van der Waals surface area contributed by atoms with Crippen molar-refractivity contribution >= 4 is 23.5 Å². The Labute approximate surface area is 122 Å². The second-order valence-electron chi connectivity index (χ2n) is 4.06. The van der Waals surface area contributed by atoms with Crippen LogP contribution >= 0.6 is 11.6 Å². The summed E-state index contributed by atoms with van der Waals surface area (Å²) < 4.78 is 5.33. The van der Waals surface area contributed by atoms with Crippen molar-refractivity contribution in [3.8, 4) is 11.5 Å². The van der Waals surface area contributed by atoms with Crippen LogP contribution in [0, 0.1) is 0 Å². The molecule has 2 aromatic rings. The van der Waals surface area contributed by atoms with Crippen molar-refractivity contribution in [2.75, 3.05) is 6.61 Å². The third-order valence-corrected chi connectivity index (χ3v) is 2.77. The Bertz CT molecular complexity index is 638. The van der Waals surface area contributed by atoms with Crippen molar-refractivity contribution in [2.45, 2.75) is 0 Å². The van der Waals surface area contributed by atoms with Crippen LogP contribution < -0.4 is 4.74 Å². The van der Waals surface area contributed by atoms with E-state index < -0.39 is 0 Å². The molecule has 0 bridgehead atoms. The van der Waals surface area contributed by atoms with Gasteiger partial charge in [0.1, 0.15) is 18.1 Å². The summed E-state index contributed by atoms with van der Waals surface area (Å²) in [5, 5.41) is 10.5. The summed E-state index contributed by atoms with van der Waals surface area (Å²) in [4.78, 5) is 4.26. The van der Waals surface area contributed by atoms with E-state index in [1.165, 1.54) is 0 Å². The zero-order valence-corrected chi connectivity index (χ0v) is 11.5. The summed E-state index contributed by atoms with van der Waals surface area (Å²) in [6, 6.07) is 12.2. The van der Waals surface area contributed by atoms with E-state index in [2.05, 4.69) is 11.6 Å². The molecule has 4 heteroatoms. The molecule has 0 saturated carbocycles. The fourth-order valence-electron chi connectivity index (χ4n) is 1.58. The van der Waals surface area contributed by atoms with Crippen LogP contribution in [-0.4, -0.2) is 17.9 Å². The molecule has 0 amide bonds. The Balaban J connectivity index is 2.15. The van der Waals surface area contributed by atoms with Crippen LogP contribution in [0.15, 0.2) is 60.1 Å². The van der Waals surface area contributed by atoms with E-state index in [-0.39, 0.29) is 5.75 Å². The molecular weight excluding hydrogens is 274 g/mol. The Kier molecular flexibility index (Phi) is 4.80. The molecule has 0 atom stereocenters. The molecule has 2 aromatic carbocycles. The van der Waals surface area contributed by atoms with Crippen LogP contribution in [0.25, 0.3) is 0 Å². The SMILES string of the molecule is C=CCOc1ccc(C=Nc2cccc(Cl)c2)c(O)c1. The first-order valence-electron chi connectivity index (χ1n) is 6.05. The van der Waals surface area contributed by atoms with E-state index >= 15 is 0 Å². The number of ether oxygens (including phenoxy) is 1. The maximum atomic E-state index is 9.90. The van der Waals surface area contributed by atoms with Crippen molar-refractivity contribution in [3.05, 3.63) is 65.7 Å². The van der Waals surface area contributed by atoms with Gasteiger partial charge in [0, 0.05) is 22.9 Å². The minimum Gasteiger partial charge on any atom is -0.507 e. The molecular formula is C16H14ClNO2. The summed E-state index contributed by atoms with van der Waals surface area (Å²) in [6.07, 6.45) is 3.23. The number of benzene rings is 2. The zero-order chi connectivity index (χ0) is 14.4. The molecule has 102 valence electrons. The minimum absolute atomic E-state index is 0.109. The number of aliphatic imine (C=N–C) groups is 1. The first-order valence-corrected chi connectivity index (χ1v) is 6.43. The highest BCUT2D eigenvalue weighted by Crippen LogP contribution is 2.23. The number of aromatic hydroxyl groups is 1. The number of rotatable bonds is 5. The van der Waals surface area contributed by atoms with Gasteiger partial charge in [0.25, 0.3) is 0 Å². The van der Waals surface area contributed by atoms with Crippen LogP contribution in [0.4, 0.5) is 5.69 Å². The van der Waals surface area contributed by atoms with Gasteiger partial charge in [-0.25, -0.2) is 0 Å². The van der Waals surface area contributed by atoms with Gasteiger partial charge in [-0.15, -0.1) is 0 Å². The number of halogens is 1. The van der Waals surface area contributed by atoms with Crippen LogP contribution in [-0.2, 0) is 0 Å². The minimum atomic E-state index is 0.109. The molecule has 0 saturated heterocycles. The summed E-state index contributed by atoms with van der Waals surface area (Å²) >= 11 is 5.88. The van der Waals surface area contributed by atoms with Crippen molar-refractivity contribution < 1.29 is 9.84 Å². The van der Waals surface area contributed by atoms with Gasteiger partial charge in [-0.2, -0.15) is 0 Å². The van der Waals surface area contributed by atoms with Gasteiger partial charge in [-0.3, -0.25) is 4.99 Å². The highest BCUT2D eigenvalue weighted by Gasteiger charge is 2.01. The topological polar surface area (TPSA) is 41.8 Å². The Hall–Kier alpha value is -2.26. The molecule has 0 aromatic heterocycles. The van der Waals surface area contributed by atoms with E-state index in [1.54, 1.807) is 42.6 Å². The van der Waals surface area contributed by atoms with Crippen LogP contribution in [0.2, 0.25) is 5.02 Å². The van der Waals surface area contributed by atoms with Gasteiger partial charge in [-0.05, 0) is 30.3 Å². The molecule has 0 aliphatic carbocycles. The highest BCUT2D eigenvalue weighted by atomic mass is 35.5. The largest absolute Gasteiger partial charge is 0.507 e. The van der Waals surface area contributed by atoms with E-state index in [0.717, 1.165) is 5.69 Å². The maximum Gasteiger partial charge on any atom is 0.128 e. The molecule has 0 aliphatic heterocycles. The lowest BCUT2D eigenvalue weighted by Gasteiger charge is -2.05. The van der Waals surface area contributed by atoms with Crippen molar-refractivity contribution in [1.29, 1.82) is 0 Å². The molecule has 0 radical (unpaired) electrons. The number of hydrogen-bond donors (Lipinski definition) is 1. The number of nitrogens with zero attached hydrogens (tertiary/aromatic N) is 1. The Morgan fingerprint density at radius 1 is 1.25 bits per heavy atom. The van der Waals surface area contributed by atoms with E-state index in [0.29, 0.717) is 22.9 Å².